The first-order valence-electron chi connectivity index (χ1n) is 4.00. The fourth-order valence-corrected chi connectivity index (χ4v) is 1.62. The first-order valence-corrected chi connectivity index (χ1v) is 7.05. The number of rotatable bonds is 6. The number of hydrogen-bond acceptors (Lipinski definition) is 5. The molecule has 0 radical (unpaired) electrons. The number of halogens is 3. The van der Waals surface area contributed by atoms with Crippen LogP contribution in [0.5, 0.6) is 0 Å². The molecule has 1 amide bonds. The molecular formula is C6H11F3N2O3S2. The van der Waals surface area contributed by atoms with Crippen molar-refractivity contribution in [3.05, 3.63) is 0 Å². The Morgan fingerprint density at radius 1 is 1.38 bits per heavy atom. The molecule has 0 heterocycles. The van der Waals surface area contributed by atoms with E-state index >= 15 is 0 Å². The van der Waals surface area contributed by atoms with Crippen molar-refractivity contribution in [2.24, 2.45) is 0 Å². The maximum absolute atomic E-state index is 11.7. The molecule has 0 aromatic carbocycles. The maximum atomic E-state index is 11.7. The first kappa shape index (κ1) is 15.5. The summed E-state index contributed by atoms with van der Waals surface area (Å²) in [5, 5.41) is 2.55. The van der Waals surface area contributed by atoms with Gasteiger partial charge in [-0.05, 0) is 11.9 Å². The van der Waals surface area contributed by atoms with Gasteiger partial charge in [-0.25, -0.2) is 8.42 Å². The van der Waals surface area contributed by atoms with Crippen molar-refractivity contribution in [3.8, 4) is 0 Å². The average molecular weight is 280 g/mol. The smallest absolute Gasteiger partial charge is 0.305 e. The van der Waals surface area contributed by atoms with Crippen LogP contribution in [0, 0.1) is 0 Å². The third-order valence-corrected chi connectivity index (χ3v) is 2.87. The van der Waals surface area contributed by atoms with Crippen molar-refractivity contribution in [1.82, 2.24) is 10.0 Å². The fraction of sp³-hybridized carbons (Fsp3) is 0.833. The Morgan fingerprint density at radius 2 is 1.94 bits per heavy atom. The Balaban J connectivity index is 3.52. The molecular weight excluding hydrogens is 269 g/mol. The molecule has 0 aliphatic carbocycles. The van der Waals surface area contributed by atoms with E-state index in [1.165, 1.54) is 0 Å². The number of amides is 1. The van der Waals surface area contributed by atoms with Crippen LogP contribution in [0.25, 0.3) is 0 Å². The lowest BCUT2D eigenvalue weighted by Gasteiger charge is -2.07. The largest absolute Gasteiger partial charge is 0.472 e. The van der Waals surface area contributed by atoms with Crippen LogP contribution in [0.3, 0.4) is 0 Å². The van der Waals surface area contributed by atoms with Crippen molar-refractivity contribution in [2.75, 3.05) is 24.4 Å². The standard InChI is InChI=1S/C6H11F3N2O3S2/c1-16(13,14)3-2-10-4-15-11-5(12)6(7,8)9/h10H,2-4H2,1H3,(H,11,12). The molecule has 0 aliphatic heterocycles. The minimum absolute atomic E-state index is 0.00264. The molecule has 0 atom stereocenters. The Kier molecular flexibility index (Phi) is 6.11. The van der Waals surface area contributed by atoms with Gasteiger partial charge in [0.25, 0.3) is 0 Å². The number of carbonyl (C=O) groups excluding carboxylic acids is 1. The highest BCUT2D eigenvalue weighted by Gasteiger charge is 2.38. The summed E-state index contributed by atoms with van der Waals surface area (Å²) in [6.45, 7) is 0.119. The number of nitrogens with one attached hydrogen (secondary N) is 2. The second-order valence-electron chi connectivity index (χ2n) is 2.85. The molecule has 16 heavy (non-hydrogen) atoms. The van der Waals surface area contributed by atoms with E-state index in [4.69, 9.17) is 0 Å². The van der Waals surface area contributed by atoms with E-state index in [-0.39, 0.29) is 18.2 Å². The Hall–Kier alpha value is -0.480. The molecule has 0 bridgehead atoms. The zero-order valence-corrected chi connectivity index (χ0v) is 9.93. The van der Waals surface area contributed by atoms with Crippen LogP contribution in [0.2, 0.25) is 0 Å². The van der Waals surface area contributed by atoms with E-state index in [0.717, 1.165) is 6.26 Å². The van der Waals surface area contributed by atoms with Gasteiger partial charge in [-0.15, -0.1) is 0 Å². The highest BCUT2D eigenvalue weighted by Crippen LogP contribution is 2.15. The Bertz CT molecular complexity index is 328. The minimum Gasteiger partial charge on any atom is -0.305 e. The summed E-state index contributed by atoms with van der Waals surface area (Å²) in [7, 11) is -3.09. The van der Waals surface area contributed by atoms with Crippen molar-refractivity contribution in [1.29, 1.82) is 0 Å². The molecule has 0 spiro atoms. The van der Waals surface area contributed by atoms with Crippen LogP contribution in [0.1, 0.15) is 0 Å². The zero-order valence-electron chi connectivity index (χ0n) is 8.30. The van der Waals surface area contributed by atoms with E-state index in [1.54, 1.807) is 4.72 Å². The summed E-state index contributed by atoms with van der Waals surface area (Å²) in [5.41, 5.74) is 0. The summed E-state index contributed by atoms with van der Waals surface area (Å²) < 4.78 is 57.8. The highest BCUT2D eigenvalue weighted by atomic mass is 32.2. The van der Waals surface area contributed by atoms with Crippen LogP contribution >= 0.6 is 11.9 Å². The van der Waals surface area contributed by atoms with Gasteiger partial charge in [-0.2, -0.15) is 13.2 Å². The summed E-state index contributed by atoms with van der Waals surface area (Å²) >= 11 is 0.513. The SMILES string of the molecule is CS(=O)(=O)CCNCSNC(=O)C(F)(F)F. The molecule has 10 heteroatoms. The second kappa shape index (κ2) is 6.30. The predicted molar refractivity (Wildman–Crippen MR) is 54.4 cm³/mol. The lowest BCUT2D eigenvalue weighted by molar-refractivity contribution is -0.171. The molecule has 0 saturated heterocycles. The number of sulfone groups is 1. The van der Waals surface area contributed by atoms with Gasteiger partial charge in [-0.1, -0.05) is 0 Å². The van der Waals surface area contributed by atoms with E-state index in [2.05, 4.69) is 5.32 Å². The molecule has 0 aromatic heterocycles. The molecule has 0 aromatic rings. The molecule has 0 saturated carbocycles. The van der Waals surface area contributed by atoms with Crippen LogP contribution in [-0.4, -0.2) is 44.9 Å². The van der Waals surface area contributed by atoms with Gasteiger partial charge >= 0.3 is 12.1 Å². The molecule has 0 aliphatic rings. The van der Waals surface area contributed by atoms with E-state index < -0.39 is 21.9 Å². The molecule has 0 unspecified atom stereocenters. The Labute approximate surface area is 95.2 Å². The third kappa shape index (κ3) is 8.80. The predicted octanol–water partition coefficient (Wildman–Crippen LogP) is -0.0952. The van der Waals surface area contributed by atoms with Crippen molar-refractivity contribution in [2.45, 2.75) is 6.18 Å². The second-order valence-corrected chi connectivity index (χ2v) is 5.89. The van der Waals surface area contributed by atoms with E-state index in [1.807, 2.05) is 0 Å². The van der Waals surface area contributed by atoms with E-state index in [9.17, 15) is 26.4 Å². The van der Waals surface area contributed by atoms with Gasteiger partial charge in [0.1, 0.15) is 9.84 Å². The summed E-state index contributed by atoms with van der Waals surface area (Å²) in [5.74, 6) is -2.15. The van der Waals surface area contributed by atoms with Gasteiger partial charge in [0, 0.05) is 12.8 Å². The van der Waals surface area contributed by atoms with Gasteiger partial charge in [0.2, 0.25) is 0 Å². The van der Waals surface area contributed by atoms with Gasteiger partial charge in [0.05, 0.1) is 11.6 Å². The van der Waals surface area contributed by atoms with Gasteiger partial charge in [0.15, 0.2) is 0 Å². The number of carbonyl (C=O) groups is 1. The lowest BCUT2D eigenvalue weighted by Crippen LogP contribution is -2.34. The maximum Gasteiger partial charge on any atom is 0.472 e. The average Bonchev–Trinajstić information content (AvgIpc) is 2.07. The normalized spacial score (nSPS) is 12.5. The first-order chi connectivity index (χ1) is 7.13. The molecule has 0 fully saturated rings. The fourth-order valence-electron chi connectivity index (χ4n) is 0.540. The van der Waals surface area contributed by atoms with Gasteiger partial charge < -0.3 is 5.32 Å². The quantitative estimate of drug-likeness (QED) is 0.404. The molecule has 96 valence electrons. The topological polar surface area (TPSA) is 75.3 Å². The lowest BCUT2D eigenvalue weighted by atomic mass is 10.6. The van der Waals surface area contributed by atoms with Crippen molar-refractivity contribution >= 4 is 27.7 Å². The highest BCUT2D eigenvalue weighted by molar-refractivity contribution is 7.97. The van der Waals surface area contributed by atoms with Crippen molar-refractivity contribution < 1.29 is 26.4 Å². The third-order valence-electron chi connectivity index (χ3n) is 1.25. The monoisotopic (exact) mass is 280 g/mol. The molecule has 0 rings (SSSR count). The van der Waals surface area contributed by atoms with Crippen molar-refractivity contribution in [3.63, 3.8) is 0 Å². The number of hydrogen-bond donors (Lipinski definition) is 2. The molecule has 5 nitrogen and oxygen atoms in total. The number of alkyl halides is 3. The zero-order chi connectivity index (χ0) is 12.8. The summed E-state index contributed by atoms with van der Waals surface area (Å²) in [6, 6.07) is 0. The minimum atomic E-state index is -4.90. The molecule has 2 N–H and O–H groups in total. The summed E-state index contributed by atoms with van der Waals surface area (Å²) in [6.07, 6.45) is -3.85. The van der Waals surface area contributed by atoms with Crippen LogP contribution in [0.4, 0.5) is 13.2 Å². The van der Waals surface area contributed by atoms with Gasteiger partial charge in [-0.3, -0.25) is 9.52 Å². The van der Waals surface area contributed by atoms with Crippen LogP contribution < -0.4 is 10.0 Å². The van der Waals surface area contributed by atoms with Crippen LogP contribution in [-0.2, 0) is 14.6 Å². The van der Waals surface area contributed by atoms with E-state index in [0.29, 0.717) is 11.9 Å². The van der Waals surface area contributed by atoms with Crippen LogP contribution in [0.15, 0.2) is 0 Å². The Morgan fingerprint density at radius 3 is 2.38 bits per heavy atom. The summed E-state index contributed by atoms with van der Waals surface area (Å²) in [4.78, 5) is 10.3.